The number of aryl methyl sites for hydroxylation is 1. The van der Waals surface area contributed by atoms with Gasteiger partial charge in [0.05, 0.1) is 36.2 Å². The largest absolute Gasteiger partial charge is 0.493 e. The second-order valence-electron chi connectivity index (χ2n) is 7.79. The van der Waals surface area contributed by atoms with E-state index in [0.717, 1.165) is 53.3 Å². The molecule has 0 fully saturated rings. The molecule has 0 saturated heterocycles. The van der Waals surface area contributed by atoms with Gasteiger partial charge in [-0.15, -0.1) is 11.3 Å². The van der Waals surface area contributed by atoms with Gasteiger partial charge >= 0.3 is 0 Å². The molecule has 7 heteroatoms. The molecular formula is C27H29N3O3S. The van der Waals surface area contributed by atoms with Gasteiger partial charge in [-0.2, -0.15) is 0 Å². The van der Waals surface area contributed by atoms with Crippen LogP contribution in [0.25, 0.3) is 17.1 Å². The molecule has 0 unspecified atom stereocenters. The summed E-state index contributed by atoms with van der Waals surface area (Å²) in [5.74, 6) is 2.27. The maximum absolute atomic E-state index is 12.4. The number of rotatable bonds is 11. The monoisotopic (exact) mass is 475 g/mol. The van der Waals surface area contributed by atoms with Gasteiger partial charge in [0.2, 0.25) is 0 Å². The summed E-state index contributed by atoms with van der Waals surface area (Å²) in [6.07, 6.45) is 5.83. The molecule has 2 aromatic carbocycles. The van der Waals surface area contributed by atoms with Crippen LogP contribution in [0.4, 0.5) is 0 Å². The van der Waals surface area contributed by atoms with Gasteiger partial charge in [-0.25, -0.2) is 4.98 Å². The molecule has 0 aliphatic carbocycles. The molecule has 4 rings (SSSR count). The summed E-state index contributed by atoms with van der Waals surface area (Å²) in [4.78, 5) is 17.8. The molecule has 0 aliphatic heterocycles. The van der Waals surface area contributed by atoms with Crippen LogP contribution in [0.3, 0.4) is 0 Å². The number of ether oxygens (including phenoxy) is 2. The molecule has 0 aliphatic rings. The fraction of sp³-hybridized carbons (Fsp3) is 0.259. The van der Waals surface area contributed by atoms with E-state index in [1.165, 1.54) is 11.3 Å². The Bertz CT molecular complexity index is 1260. The van der Waals surface area contributed by atoms with Crippen molar-refractivity contribution in [3.05, 3.63) is 82.3 Å². The smallest absolute Gasteiger partial charge is 0.261 e. The summed E-state index contributed by atoms with van der Waals surface area (Å²) in [7, 11) is 1.66. The van der Waals surface area contributed by atoms with E-state index < -0.39 is 0 Å². The molecule has 6 nitrogen and oxygen atoms in total. The normalized spacial score (nSPS) is 11.2. The standard InChI is InChI=1S/C27H29N3O3S/c1-3-9-20-13-14-23(24(18-20)32-2)33-16-7-6-15-30-22-11-5-4-10-21(22)29-26(30)19-28-27(31)25-12-8-17-34-25/h3-5,8-14,17-18H,6-7,15-16,19H2,1-2H3,(H,28,31)/b9-3+. The number of unbranched alkanes of at least 4 members (excludes halogenated alkanes) is 1. The van der Waals surface area contributed by atoms with Crippen molar-refractivity contribution < 1.29 is 14.3 Å². The summed E-state index contributed by atoms with van der Waals surface area (Å²) in [5, 5.41) is 4.90. The SMILES string of the molecule is C/C=C/c1ccc(OCCCCn2c(CNC(=O)c3cccs3)nc3ccccc32)c(OC)c1. The number of carbonyl (C=O) groups is 1. The van der Waals surface area contributed by atoms with Crippen molar-refractivity contribution in [2.75, 3.05) is 13.7 Å². The highest BCUT2D eigenvalue weighted by molar-refractivity contribution is 7.12. The number of fused-ring (bicyclic) bond motifs is 1. The second-order valence-corrected chi connectivity index (χ2v) is 8.74. The van der Waals surface area contributed by atoms with E-state index in [1.54, 1.807) is 7.11 Å². The fourth-order valence-electron chi connectivity index (χ4n) is 3.82. The second kappa shape index (κ2) is 11.5. The zero-order valence-electron chi connectivity index (χ0n) is 19.5. The lowest BCUT2D eigenvalue weighted by molar-refractivity contribution is 0.0953. The van der Waals surface area contributed by atoms with Gasteiger partial charge in [0.25, 0.3) is 5.91 Å². The van der Waals surface area contributed by atoms with Gasteiger partial charge in [-0.1, -0.05) is 36.4 Å². The van der Waals surface area contributed by atoms with Crippen LogP contribution >= 0.6 is 11.3 Å². The van der Waals surface area contributed by atoms with E-state index in [2.05, 4.69) is 16.0 Å². The Morgan fingerprint density at radius 2 is 2.00 bits per heavy atom. The molecule has 2 aromatic heterocycles. The minimum atomic E-state index is -0.0728. The van der Waals surface area contributed by atoms with Crippen LogP contribution in [0.5, 0.6) is 11.5 Å². The van der Waals surface area contributed by atoms with Gasteiger partial charge in [0.15, 0.2) is 11.5 Å². The van der Waals surface area contributed by atoms with Crippen LogP contribution in [-0.4, -0.2) is 29.2 Å². The van der Waals surface area contributed by atoms with E-state index in [9.17, 15) is 4.79 Å². The number of carbonyl (C=O) groups excluding carboxylic acids is 1. The molecule has 176 valence electrons. The lowest BCUT2D eigenvalue weighted by atomic mass is 10.2. The molecule has 0 atom stereocenters. The number of thiophene rings is 1. The number of imidazole rings is 1. The third-order valence-electron chi connectivity index (χ3n) is 5.47. The fourth-order valence-corrected chi connectivity index (χ4v) is 4.46. The van der Waals surface area contributed by atoms with Crippen LogP contribution < -0.4 is 14.8 Å². The molecule has 34 heavy (non-hydrogen) atoms. The van der Waals surface area contributed by atoms with Crippen molar-refractivity contribution in [1.82, 2.24) is 14.9 Å². The van der Waals surface area contributed by atoms with Crippen molar-refractivity contribution >= 4 is 34.4 Å². The summed E-state index contributed by atoms with van der Waals surface area (Å²) < 4.78 is 13.7. The average molecular weight is 476 g/mol. The van der Waals surface area contributed by atoms with Gasteiger partial charge in [0, 0.05) is 6.54 Å². The Morgan fingerprint density at radius 1 is 1.12 bits per heavy atom. The Hall–Kier alpha value is -3.58. The van der Waals surface area contributed by atoms with Crippen LogP contribution in [0.2, 0.25) is 0 Å². The highest BCUT2D eigenvalue weighted by Crippen LogP contribution is 2.29. The van der Waals surface area contributed by atoms with Crippen LogP contribution in [-0.2, 0) is 13.1 Å². The first kappa shape index (κ1) is 23.6. The third kappa shape index (κ3) is 5.66. The molecule has 0 bridgehead atoms. The molecule has 0 radical (unpaired) electrons. The van der Waals surface area contributed by atoms with E-state index >= 15 is 0 Å². The van der Waals surface area contributed by atoms with Gasteiger partial charge in [-0.3, -0.25) is 4.79 Å². The first-order valence-corrected chi connectivity index (χ1v) is 12.3. The van der Waals surface area contributed by atoms with Gasteiger partial charge in [0.1, 0.15) is 5.82 Å². The van der Waals surface area contributed by atoms with Gasteiger partial charge < -0.3 is 19.4 Å². The lowest BCUT2D eigenvalue weighted by Crippen LogP contribution is -2.24. The van der Waals surface area contributed by atoms with Crippen molar-refractivity contribution in [2.45, 2.75) is 32.9 Å². The Balaban J connectivity index is 1.36. The number of benzene rings is 2. The summed E-state index contributed by atoms with van der Waals surface area (Å²) in [5.41, 5.74) is 3.09. The summed E-state index contributed by atoms with van der Waals surface area (Å²) in [6.45, 7) is 3.77. The molecule has 1 amide bonds. The number of allylic oxidation sites excluding steroid dienone is 1. The molecule has 0 spiro atoms. The third-order valence-corrected chi connectivity index (χ3v) is 6.33. The van der Waals surface area contributed by atoms with Crippen molar-refractivity contribution in [1.29, 1.82) is 0 Å². The van der Waals surface area contributed by atoms with E-state index in [-0.39, 0.29) is 5.91 Å². The molecule has 4 aromatic rings. The highest BCUT2D eigenvalue weighted by Gasteiger charge is 2.13. The number of aromatic nitrogens is 2. The molecule has 2 heterocycles. The lowest BCUT2D eigenvalue weighted by Gasteiger charge is -2.12. The first-order chi connectivity index (χ1) is 16.7. The van der Waals surface area contributed by atoms with Crippen molar-refractivity contribution in [2.24, 2.45) is 0 Å². The minimum absolute atomic E-state index is 0.0728. The maximum atomic E-state index is 12.4. The topological polar surface area (TPSA) is 65.4 Å². The Kier molecular flexibility index (Phi) is 7.99. The number of nitrogens with one attached hydrogen (secondary N) is 1. The number of amides is 1. The number of hydrogen-bond acceptors (Lipinski definition) is 5. The Morgan fingerprint density at radius 3 is 2.79 bits per heavy atom. The zero-order valence-corrected chi connectivity index (χ0v) is 20.3. The van der Waals surface area contributed by atoms with Crippen molar-refractivity contribution in [3.8, 4) is 11.5 Å². The maximum Gasteiger partial charge on any atom is 0.261 e. The highest BCUT2D eigenvalue weighted by atomic mass is 32.1. The van der Waals surface area contributed by atoms with E-state index in [4.69, 9.17) is 14.5 Å². The molecule has 0 saturated carbocycles. The summed E-state index contributed by atoms with van der Waals surface area (Å²) in [6, 6.07) is 17.7. The predicted octanol–water partition coefficient (Wildman–Crippen LogP) is 5.93. The first-order valence-electron chi connectivity index (χ1n) is 11.4. The van der Waals surface area contributed by atoms with Crippen LogP contribution in [0, 0.1) is 0 Å². The average Bonchev–Trinajstić information content (AvgIpc) is 3.52. The molecule has 1 N–H and O–H groups in total. The number of hydrogen-bond donors (Lipinski definition) is 1. The van der Waals surface area contributed by atoms with Crippen molar-refractivity contribution in [3.63, 3.8) is 0 Å². The zero-order chi connectivity index (χ0) is 23.8. The quantitative estimate of drug-likeness (QED) is 0.273. The minimum Gasteiger partial charge on any atom is -0.493 e. The number of para-hydroxylation sites is 2. The van der Waals surface area contributed by atoms with Crippen LogP contribution in [0.15, 0.2) is 66.1 Å². The number of methoxy groups -OCH3 is 1. The Labute approximate surface area is 203 Å². The molecular weight excluding hydrogens is 446 g/mol. The predicted molar refractivity (Wildman–Crippen MR) is 138 cm³/mol. The van der Waals surface area contributed by atoms with Crippen LogP contribution in [0.1, 0.15) is 40.8 Å². The van der Waals surface area contributed by atoms with E-state index in [0.29, 0.717) is 18.0 Å². The number of nitrogens with zero attached hydrogens (tertiary/aromatic N) is 2. The summed E-state index contributed by atoms with van der Waals surface area (Å²) >= 11 is 1.43. The van der Waals surface area contributed by atoms with E-state index in [1.807, 2.05) is 73.0 Å². The van der Waals surface area contributed by atoms with Gasteiger partial charge in [-0.05, 0) is 61.0 Å².